The van der Waals surface area contributed by atoms with Crippen molar-refractivity contribution < 1.29 is 14.7 Å². The monoisotopic (exact) mass is 200 g/mol. The number of rotatable bonds is 4. The normalized spacial score (nSPS) is 18.2. The number of carbonyl (C=O) groups excluding carboxylic acids is 1. The Morgan fingerprint density at radius 2 is 2.00 bits per heavy atom. The van der Waals surface area contributed by atoms with Crippen molar-refractivity contribution in [1.82, 2.24) is 10.2 Å². The zero-order valence-electron chi connectivity index (χ0n) is 8.32. The van der Waals surface area contributed by atoms with Crippen LogP contribution in [0.3, 0.4) is 0 Å². The lowest BCUT2D eigenvalue weighted by molar-refractivity contribution is -0.142. The van der Waals surface area contributed by atoms with Gasteiger partial charge in [0.2, 0.25) is 5.91 Å². The van der Waals surface area contributed by atoms with Gasteiger partial charge in [0, 0.05) is 13.1 Å². The smallest absolute Gasteiger partial charge is 0.305 e. The summed E-state index contributed by atoms with van der Waals surface area (Å²) >= 11 is 0. The Hall–Kier alpha value is -1.10. The van der Waals surface area contributed by atoms with Crippen molar-refractivity contribution in [1.29, 1.82) is 0 Å². The molecular formula is C9H16N2O3. The quantitative estimate of drug-likeness (QED) is 0.652. The first kappa shape index (κ1) is 11.0. The van der Waals surface area contributed by atoms with Gasteiger partial charge in [0.1, 0.15) is 0 Å². The number of carbonyl (C=O) groups is 2. The highest BCUT2D eigenvalue weighted by Crippen LogP contribution is 2.10. The molecule has 0 aromatic rings. The molecule has 80 valence electrons. The number of carboxylic acids is 1. The van der Waals surface area contributed by atoms with Crippen molar-refractivity contribution >= 4 is 11.9 Å². The summed E-state index contributed by atoms with van der Waals surface area (Å²) in [4.78, 5) is 23.9. The van der Waals surface area contributed by atoms with Crippen LogP contribution in [0.2, 0.25) is 0 Å². The van der Waals surface area contributed by atoms with Crippen LogP contribution in [0.1, 0.15) is 19.3 Å². The fraction of sp³-hybridized carbons (Fsp3) is 0.778. The van der Waals surface area contributed by atoms with Crippen molar-refractivity contribution in [3.05, 3.63) is 0 Å². The van der Waals surface area contributed by atoms with Gasteiger partial charge in [0.15, 0.2) is 0 Å². The van der Waals surface area contributed by atoms with Crippen LogP contribution < -0.4 is 5.32 Å². The van der Waals surface area contributed by atoms with Crippen LogP contribution in [-0.2, 0) is 9.59 Å². The van der Waals surface area contributed by atoms with E-state index in [1.165, 1.54) is 0 Å². The molecule has 0 unspecified atom stereocenters. The summed E-state index contributed by atoms with van der Waals surface area (Å²) in [5, 5.41) is 11.3. The van der Waals surface area contributed by atoms with Gasteiger partial charge in [-0.1, -0.05) is 0 Å². The van der Waals surface area contributed by atoms with Crippen LogP contribution in [-0.4, -0.2) is 48.1 Å². The first-order chi connectivity index (χ1) is 6.65. The number of carboxylic acid groups (broad SMARTS) is 1. The lowest BCUT2D eigenvalue weighted by Gasteiger charge is -2.21. The second-order valence-electron chi connectivity index (χ2n) is 3.47. The van der Waals surface area contributed by atoms with Crippen LogP contribution >= 0.6 is 0 Å². The maximum absolute atomic E-state index is 11.7. The van der Waals surface area contributed by atoms with Crippen LogP contribution in [0, 0.1) is 0 Å². The molecule has 2 N–H and O–H groups in total. The van der Waals surface area contributed by atoms with Gasteiger partial charge < -0.3 is 15.3 Å². The molecule has 5 nitrogen and oxygen atoms in total. The van der Waals surface area contributed by atoms with Crippen LogP contribution in [0.4, 0.5) is 0 Å². The van der Waals surface area contributed by atoms with Crippen LogP contribution in [0.5, 0.6) is 0 Å². The molecule has 0 radical (unpaired) electrons. The summed E-state index contributed by atoms with van der Waals surface area (Å²) < 4.78 is 0. The Bertz CT molecular complexity index is 224. The molecule has 0 saturated carbocycles. The molecule has 0 spiro atoms. The number of aliphatic carboxylic acids is 1. The molecular weight excluding hydrogens is 184 g/mol. The van der Waals surface area contributed by atoms with Crippen molar-refractivity contribution in [2.45, 2.75) is 25.3 Å². The third-order valence-corrected chi connectivity index (χ3v) is 2.44. The minimum atomic E-state index is -0.947. The van der Waals surface area contributed by atoms with Crippen molar-refractivity contribution in [3.63, 3.8) is 0 Å². The number of hydrogen-bond donors (Lipinski definition) is 2. The van der Waals surface area contributed by atoms with Crippen LogP contribution in [0.25, 0.3) is 0 Å². The van der Waals surface area contributed by atoms with E-state index in [9.17, 15) is 9.59 Å². The third kappa shape index (κ3) is 2.70. The Balaban J connectivity index is 2.50. The van der Waals surface area contributed by atoms with E-state index < -0.39 is 12.0 Å². The van der Waals surface area contributed by atoms with E-state index >= 15 is 0 Å². The Morgan fingerprint density at radius 3 is 2.43 bits per heavy atom. The molecule has 0 aliphatic carbocycles. The minimum Gasteiger partial charge on any atom is -0.481 e. The predicted octanol–water partition coefficient (Wildman–Crippen LogP) is -0.328. The molecule has 1 rings (SSSR count). The summed E-state index contributed by atoms with van der Waals surface area (Å²) in [6.45, 7) is 1.52. The number of nitrogens with zero attached hydrogens (tertiary/aromatic N) is 1. The van der Waals surface area contributed by atoms with Crippen molar-refractivity contribution in [2.75, 3.05) is 20.1 Å². The first-order valence-electron chi connectivity index (χ1n) is 4.83. The minimum absolute atomic E-state index is 0.0904. The Kier molecular flexibility index (Phi) is 3.88. The van der Waals surface area contributed by atoms with E-state index in [0.717, 1.165) is 25.9 Å². The van der Waals surface area contributed by atoms with Gasteiger partial charge in [-0.25, -0.2) is 0 Å². The lowest BCUT2D eigenvalue weighted by atomic mass is 10.2. The standard InChI is InChI=1S/C9H16N2O3/c1-10-7(6-8(12)13)9(14)11-4-2-3-5-11/h7,10H,2-6H2,1H3,(H,12,13)/t7-/m1/s1. The van der Waals surface area contributed by atoms with E-state index in [-0.39, 0.29) is 12.3 Å². The molecule has 1 heterocycles. The zero-order chi connectivity index (χ0) is 10.6. The molecule has 1 amide bonds. The van der Waals surface area contributed by atoms with E-state index in [1.54, 1.807) is 11.9 Å². The number of hydrogen-bond acceptors (Lipinski definition) is 3. The highest BCUT2D eigenvalue weighted by Gasteiger charge is 2.26. The van der Waals surface area contributed by atoms with E-state index in [4.69, 9.17) is 5.11 Å². The van der Waals surface area contributed by atoms with Crippen molar-refractivity contribution in [3.8, 4) is 0 Å². The largest absolute Gasteiger partial charge is 0.481 e. The summed E-state index contributed by atoms with van der Waals surface area (Å²) in [7, 11) is 1.61. The predicted molar refractivity (Wildman–Crippen MR) is 50.9 cm³/mol. The second-order valence-corrected chi connectivity index (χ2v) is 3.47. The summed E-state index contributed by atoms with van der Waals surface area (Å²) in [5.74, 6) is -1.04. The molecule has 1 aliphatic rings. The fourth-order valence-electron chi connectivity index (χ4n) is 1.65. The van der Waals surface area contributed by atoms with Crippen LogP contribution in [0.15, 0.2) is 0 Å². The average molecular weight is 200 g/mol. The molecule has 1 atom stereocenters. The van der Waals surface area contributed by atoms with Gasteiger partial charge in [-0.05, 0) is 19.9 Å². The molecule has 0 aromatic carbocycles. The molecule has 1 aliphatic heterocycles. The van der Waals surface area contributed by atoms with E-state index in [0.29, 0.717) is 0 Å². The molecule has 1 fully saturated rings. The van der Waals surface area contributed by atoms with Gasteiger partial charge in [-0.2, -0.15) is 0 Å². The average Bonchev–Trinajstić information content (AvgIpc) is 2.65. The maximum atomic E-state index is 11.7. The van der Waals surface area contributed by atoms with Gasteiger partial charge in [0.25, 0.3) is 0 Å². The van der Waals surface area contributed by atoms with Gasteiger partial charge in [-0.3, -0.25) is 9.59 Å². The number of amides is 1. The number of likely N-dealkylation sites (tertiary alicyclic amines) is 1. The highest BCUT2D eigenvalue weighted by molar-refractivity contribution is 5.86. The van der Waals surface area contributed by atoms with Crippen molar-refractivity contribution in [2.24, 2.45) is 0 Å². The first-order valence-corrected chi connectivity index (χ1v) is 4.83. The Labute approximate surface area is 83.1 Å². The summed E-state index contributed by atoms with van der Waals surface area (Å²) in [6.07, 6.45) is 1.90. The van der Waals surface area contributed by atoms with Gasteiger partial charge in [-0.15, -0.1) is 0 Å². The molecule has 0 aromatic heterocycles. The highest BCUT2D eigenvalue weighted by atomic mass is 16.4. The molecule has 1 saturated heterocycles. The zero-order valence-corrected chi connectivity index (χ0v) is 8.32. The molecule has 0 bridgehead atoms. The summed E-state index contributed by atoms with van der Waals surface area (Å²) in [5.41, 5.74) is 0. The van der Waals surface area contributed by atoms with E-state index in [2.05, 4.69) is 5.32 Å². The third-order valence-electron chi connectivity index (χ3n) is 2.44. The van der Waals surface area contributed by atoms with Gasteiger partial charge in [0.05, 0.1) is 12.5 Å². The second kappa shape index (κ2) is 4.95. The molecule has 14 heavy (non-hydrogen) atoms. The van der Waals surface area contributed by atoms with Gasteiger partial charge >= 0.3 is 5.97 Å². The number of nitrogens with one attached hydrogen (secondary N) is 1. The SMILES string of the molecule is CN[C@H](CC(=O)O)C(=O)N1CCCC1. The topological polar surface area (TPSA) is 69.6 Å². The fourth-order valence-corrected chi connectivity index (χ4v) is 1.65. The maximum Gasteiger partial charge on any atom is 0.305 e. The summed E-state index contributed by atoms with van der Waals surface area (Å²) in [6, 6.07) is -0.578. The Morgan fingerprint density at radius 1 is 1.43 bits per heavy atom. The molecule has 5 heteroatoms. The van der Waals surface area contributed by atoms with E-state index in [1.807, 2.05) is 0 Å². The number of likely N-dealkylation sites (N-methyl/N-ethyl adjacent to an activating group) is 1. The lowest BCUT2D eigenvalue weighted by Crippen LogP contribution is -2.45.